The molecule has 2 nitrogen and oxygen atoms in total. The van der Waals surface area contributed by atoms with Gasteiger partial charge in [0, 0.05) is 0 Å². The highest BCUT2D eigenvalue weighted by Gasteiger charge is 2.23. The highest BCUT2D eigenvalue weighted by atomic mass is 33.8. The standard InChI is InChI=1S/C2H2O2S5/c3-1(4)2-5-7-9-8-6-2/h2H,(H,3,4). The summed E-state index contributed by atoms with van der Waals surface area (Å²) < 4.78 is -0.291. The second kappa shape index (κ2) is 4.17. The fourth-order valence-corrected chi connectivity index (χ4v) is 11.1. The van der Waals surface area contributed by atoms with E-state index in [2.05, 4.69) is 0 Å². The molecule has 7 heteroatoms. The molecule has 1 aliphatic rings. The molecule has 0 radical (unpaired) electrons. The van der Waals surface area contributed by atoms with Gasteiger partial charge in [-0.15, -0.1) is 0 Å². The molecular formula is C2H2O2S5. The predicted molar refractivity (Wildman–Crippen MR) is 49.4 cm³/mol. The number of hydrogen-bond donors (Lipinski definition) is 1. The molecule has 0 aromatic carbocycles. The van der Waals surface area contributed by atoms with Gasteiger partial charge in [0.2, 0.25) is 0 Å². The Hall–Kier alpha value is 1.22. The number of hydrogen-bond acceptors (Lipinski definition) is 6. The molecule has 0 saturated carbocycles. The van der Waals surface area contributed by atoms with E-state index in [1.54, 1.807) is 9.83 Å². The lowest BCUT2D eigenvalue weighted by Gasteiger charge is -2.12. The molecule has 1 heterocycles. The monoisotopic (exact) mass is 218 g/mol. The van der Waals surface area contributed by atoms with Gasteiger partial charge in [-0.3, -0.25) is 4.79 Å². The third-order valence-corrected chi connectivity index (χ3v) is 10.2. The van der Waals surface area contributed by atoms with Gasteiger partial charge in [0.15, 0.2) is 4.58 Å². The van der Waals surface area contributed by atoms with Crippen molar-refractivity contribution in [2.75, 3.05) is 0 Å². The fraction of sp³-hybridized carbons (Fsp3) is 0.500. The van der Waals surface area contributed by atoms with Crippen molar-refractivity contribution in [3.8, 4) is 0 Å². The molecule has 1 fully saturated rings. The molecule has 0 unspecified atom stereocenters. The Bertz CT molecular complexity index is 110. The summed E-state index contributed by atoms with van der Waals surface area (Å²) in [5.74, 6) is -0.731. The topological polar surface area (TPSA) is 37.3 Å². The maximum atomic E-state index is 10.3. The van der Waals surface area contributed by atoms with E-state index in [-0.39, 0.29) is 4.58 Å². The zero-order valence-electron chi connectivity index (χ0n) is 3.97. The van der Waals surface area contributed by atoms with Crippen LogP contribution in [0, 0.1) is 0 Å². The third kappa shape index (κ3) is 2.75. The summed E-state index contributed by atoms with van der Waals surface area (Å²) in [5, 5.41) is 8.46. The Labute approximate surface area is 71.3 Å². The number of carboxylic acid groups (broad SMARTS) is 1. The summed E-state index contributed by atoms with van der Waals surface area (Å²) >= 11 is 0. The molecule has 1 aliphatic heterocycles. The van der Waals surface area contributed by atoms with Crippen molar-refractivity contribution in [3.05, 3.63) is 0 Å². The van der Waals surface area contributed by atoms with Crippen LogP contribution < -0.4 is 0 Å². The van der Waals surface area contributed by atoms with E-state index in [9.17, 15) is 4.79 Å². The van der Waals surface area contributed by atoms with E-state index in [0.29, 0.717) is 0 Å². The van der Waals surface area contributed by atoms with Gasteiger partial charge < -0.3 is 5.11 Å². The molecule has 1 rings (SSSR count). The zero-order valence-corrected chi connectivity index (χ0v) is 8.06. The first-order valence-electron chi connectivity index (χ1n) is 1.85. The Balaban J connectivity index is 2.31. The van der Waals surface area contributed by atoms with Crippen molar-refractivity contribution >= 4 is 57.0 Å². The van der Waals surface area contributed by atoms with Crippen LogP contribution in [-0.4, -0.2) is 15.7 Å². The highest BCUT2D eigenvalue weighted by Crippen LogP contribution is 2.59. The SMILES string of the molecule is O=C(O)C1SSSSS1. The van der Waals surface area contributed by atoms with Gasteiger partial charge in [-0.1, -0.05) is 21.6 Å². The summed E-state index contributed by atoms with van der Waals surface area (Å²) in [5.41, 5.74) is 0. The van der Waals surface area contributed by atoms with Crippen LogP contribution in [0.3, 0.4) is 0 Å². The van der Waals surface area contributed by atoms with Crippen LogP contribution in [0.15, 0.2) is 0 Å². The average molecular weight is 218 g/mol. The van der Waals surface area contributed by atoms with Crippen molar-refractivity contribution in [2.24, 2.45) is 0 Å². The van der Waals surface area contributed by atoms with Crippen molar-refractivity contribution < 1.29 is 9.90 Å². The smallest absolute Gasteiger partial charge is 0.328 e. The lowest BCUT2D eigenvalue weighted by molar-refractivity contribution is -0.134. The van der Waals surface area contributed by atoms with Gasteiger partial charge in [-0.05, 0) is 29.5 Å². The van der Waals surface area contributed by atoms with Crippen molar-refractivity contribution in [1.29, 1.82) is 0 Å². The Morgan fingerprint density at radius 3 is 2.11 bits per heavy atom. The van der Waals surface area contributed by atoms with Crippen LogP contribution in [0.2, 0.25) is 0 Å². The molecule has 0 amide bonds. The van der Waals surface area contributed by atoms with Crippen LogP contribution >= 0.6 is 51.1 Å². The van der Waals surface area contributed by atoms with Gasteiger partial charge >= 0.3 is 5.97 Å². The molecule has 1 saturated heterocycles. The number of rotatable bonds is 1. The molecule has 0 atom stereocenters. The third-order valence-electron chi connectivity index (χ3n) is 0.511. The van der Waals surface area contributed by atoms with Crippen LogP contribution in [0.25, 0.3) is 0 Å². The average Bonchev–Trinajstić information content (AvgIpc) is 1.90. The normalized spacial score (nSPS) is 21.8. The molecule has 0 aromatic heterocycles. The second-order valence-electron chi connectivity index (χ2n) is 1.07. The predicted octanol–water partition coefficient (Wildman–Crippen LogP) is 2.74. The molecule has 0 bridgehead atoms. The number of carbonyl (C=O) groups is 1. The van der Waals surface area contributed by atoms with Crippen LogP contribution in [0.1, 0.15) is 0 Å². The van der Waals surface area contributed by atoms with Crippen LogP contribution in [-0.2, 0) is 4.79 Å². The van der Waals surface area contributed by atoms with E-state index in [1.165, 1.54) is 41.2 Å². The highest BCUT2D eigenvalue weighted by molar-refractivity contribution is 9.39. The molecule has 0 spiro atoms. The first-order valence-corrected chi connectivity index (χ1v) is 8.13. The minimum absolute atomic E-state index is 0.291. The van der Waals surface area contributed by atoms with E-state index in [4.69, 9.17) is 5.11 Å². The van der Waals surface area contributed by atoms with Crippen molar-refractivity contribution in [3.63, 3.8) is 0 Å². The maximum absolute atomic E-state index is 10.3. The van der Waals surface area contributed by atoms with Gasteiger partial charge in [-0.25, -0.2) is 0 Å². The van der Waals surface area contributed by atoms with Gasteiger partial charge in [-0.2, -0.15) is 0 Å². The second-order valence-corrected chi connectivity index (χ2v) is 9.15. The Kier molecular flexibility index (Phi) is 3.86. The lowest BCUT2D eigenvalue weighted by atomic mass is 10.8. The fourth-order valence-electron chi connectivity index (χ4n) is 0.213. The summed E-state index contributed by atoms with van der Waals surface area (Å²) in [4.78, 5) is 10.3. The van der Waals surface area contributed by atoms with Gasteiger partial charge in [0.25, 0.3) is 0 Å². The number of aliphatic carboxylic acids is 1. The lowest BCUT2D eigenvalue weighted by Crippen LogP contribution is -2.09. The molecular weight excluding hydrogens is 216 g/mol. The van der Waals surface area contributed by atoms with Crippen molar-refractivity contribution in [1.82, 2.24) is 0 Å². The number of carboxylic acids is 1. The van der Waals surface area contributed by atoms with E-state index in [1.807, 2.05) is 0 Å². The summed E-state index contributed by atoms with van der Waals surface area (Å²) in [6.07, 6.45) is 0. The molecule has 0 aromatic rings. The quantitative estimate of drug-likeness (QED) is 0.678. The zero-order chi connectivity index (χ0) is 6.69. The summed E-state index contributed by atoms with van der Waals surface area (Å²) in [6, 6.07) is 0. The Morgan fingerprint density at radius 1 is 1.22 bits per heavy atom. The maximum Gasteiger partial charge on any atom is 0.328 e. The molecule has 9 heavy (non-hydrogen) atoms. The van der Waals surface area contributed by atoms with E-state index in [0.717, 1.165) is 0 Å². The first kappa shape index (κ1) is 8.32. The van der Waals surface area contributed by atoms with Crippen LogP contribution in [0.4, 0.5) is 0 Å². The van der Waals surface area contributed by atoms with E-state index < -0.39 is 5.97 Å². The van der Waals surface area contributed by atoms with Crippen molar-refractivity contribution in [2.45, 2.75) is 4.58 Å². The molecule has 0 aliphatic carbocycles. The largest absolute Gasteiger partial charge is 0.480 e. The Morgan fingerprint density at radius 2 is 1.78 bits per heavy atom. The van der Waals surface area contributed by atoms with Crippen LogP contribution in [0.5, 0.6) is 0 Å². The minimum Gasteiger partial charge on any atom is -0.480 e. The van der Waals surface area contributed by atoms with Gasteiger partial charge in [0.1, 0.15) is 0 Å². The molecule has 52 valence electrons. The first-order chi connectivity index (χ1) is 4.30. The minimum atomic E-state index is -0.731. The molecule has 1 N–H and O–H groups in total. The van der Waals surface area contributed by atoms with E-state index >= 15 is 0 Å². The summed E-state index contributed by atoms with van der Waals surface area (Å²) in [7, 11) is 7.45. The van der Waals surface area contributed by atoms with Gasteiger partial charge in [0.05, 0.1) is 0 Å². The summed E-state index contributed by atoms with van der Waals surface area (Å²) in [6.45, 7) is 0.